The maximum Gasteiger partial charge on any atom is 0.224 e. The van der Waals surface area contributed by atoms with Crippen LogP contribution in [0.15, 0.2) is 18.3 Å². The van der Waals surface area contributed by atoms with Crippen molar-refractivity contribution in [3.8, 4) is 0 Å². The van der Waals surface area contributed by atoms with Gasteiger partial charge in [-0.15, -0.1) is 0 Å². The molecule has 0 aromatic carbocycles. The van der Waals surface area contributed by atoms with Crippen molar-refractivity contribution in [1.82, 2.24) is 10.3 Å². The van der Waals surface area contributed by atoms with Crippen molar-refractivity contribution in [3.05, 3.63) is 23.9 Å². The second-order valence-electron chi connectivity index (χ2n) is 4.99. The summed E-state index contributed by atoms with van der Waals surface area (Å²) in [5.41, 5.74) is 0.819. The standard InChI is InChI=1S/C14H21N3O2/c1-10(18)12-6-3-7-16-13(12)17-8-4-5-11(9-17)14(19)15-2/h3,6-7,10-11,18H,4-5,8-9H2,1-2H3,(H,15,19)/t10-,11?/m0/s1. The van der Waals surface area contributed by atoms with Crippen LogP contribution in [-0.4, -0.2) is 36.1 Å². The van der Waals surface area contributed by atoms with Gasteiger partial charge in [0.2, 0.25) is 5.91 Å². The first-order valence-corrected chi connectivity index (χ1v) is 6.73. The van der Waals surface area contributed by atoms with Crippen molar-refractivity contribution in [1.29, 1.82) is 0 Å². The van der Waals surface area contributed by atoms with Gasteiger partial charge in [0.25, 0.3) is 0 Å². The molecule has 0 radical (unpaired) electrons. The number of hydrogen-bond donors (Lipinski definition) is 2. The van der Waals surface area contributed by atoms with E-state index in [0.29, 0.717) is 6.54 Å². The number of aliphatic hydroxyl groups is 1. The first-order valence-electron chi connectivity index (χ1n) is 6.73. The molecule has 5 heteroatoms. The first-order chi connectivity index (χ1) is 9.13. The summed E-state index contributed by atoms with van der Waals surface area (Å²) in [5.74, 6) is 0.882. The molecule has 0 bridgehead atoms. The van der Waals surface area contributed by atoms with Gasteiger partial charge >= 0.3 is 0 Å². The Kier molecular flexibility index (Phi) is 4.37. The Labute approximate surface area is 113 Å². The van der Waals surface area contributed by atoms with Gasteiger partial charge in [0.1, 0.15) is 5.82 Å². The van der Waals surface area contributed by atoms with Gasteiger partial charge in [-0.2, -0.15) is 0 Å². The van der Waals surface area contributed by atoms with Gasteiger partial charge in [-0.1, -0.05) is 6.07 Å². The number of aliphatic hydroxyl groups excluding tert-OH is 1. The van der Waals surface area contributed by atoms with Gasteiger partial charge in [0.05, 0.1) is 12.0 Å². The zero-order valence-electron chi connectivity index (χ0n) is 11.5. The molecule has 1 aromatic rings. The molecule has 1 amide bonds. The van der Waals surface area contributed by atoms with Gasteiger partial charge in [0, 0.05) is 31.9 Å². The van der Waals surface area contributed by atoms with Gasteiger partial charge in [0.15, 0.2) is 0 Å². The van der Waals surface area contributed by atoms with Crippen LogP contribution in [0.1, 0.15) is 31.4 Å². The average molecular weight is 263 g/mol. The van der Waals surface area contributed by atoms with Gasteiger partial charge in [-0.05, 0) is 25.8 Å². The normalized spacial score (nSPS) is 21.0. The average Bonchev–Trinajstić information content (AvgIpc) is 2.46. The van der Waals surface area contributed by atoms with Crippen molar-refractivity contribution in [2.24, 2.45) is 5.92 Å². The Morgan fingerprint density at radius 1 is 1.63 bits per heavy atom. The van der Waals surface area contributed by atoms with Crippen molar-refractivity contribution >= 4 is 11.7 Å². The Bertz CT molecular complexity index is 448. The lowest BCUT2D eigenvalue weighted by Crippen LogP contribution is -2.42. The molecule has 1 fully saturated rings. The highest BCUT2D eigenvalue weighted by Crippen LogP contribution is 2.27. The van der Waals surface area contributed by atoms with E-state index in [4.69, 9.17) is 0 Å². The molecule has 1 saturated heterocycles. The quantitative estimate of drug-likeness (QED) is 0.857. The molecular weight excluding hydrogens is 242 g/mol. The predicted octanol–water partition coefficient (Wildman–Crippen LogP) is 1.10. The van der Waals surface area contributed by atoms with Crippen LogP contribution in [0.5, 0.6) is 0 Å². The number of carbonyl (C=O) groups excluding carboxylic acids is 1. The van der Waals surface area contributed by atoms with Crippen molar-refractivity contribution in [3.63, 3.8) is 0 Å². The molecule has 2 heterocycles. The molecule has 1 aromatic heterocycles. The van der Waals surface area contributed by atoms with E-state index in [1.54, 1.807) is 20.2 Å². The number of anilines is 1. The van der Waals surface area contributed by atoms with Crippen LogP contribution < -0.4 is 10.2 Å². The highest BCUT2D eigenvalue weighted by Gasteiger charge is 2.27. The van der Waals surface area contributed by atoms with E-state index in [1.165, 1.54) is 0 Å². The SMILES string of the molecule is CNC(=O)C1CCCN(c2ncccc2[C@H](C)O)C1. The molecule has 0 aliphatic carbocycles. The molecule has 0 saturated carbocycles. The van der Waals surface area contributed by atoms with Gasteiger partial charge < -0.3 is 15.3 Å². The number of piperidine rings is 1. The molecule has 2 atom stereocenters. The third-order valence-corrected chi connectivity index (χ3v) is 3.61. The summed E-state index contributed by atoms with van der Waals surface area (Å²) in [4.78, 5) is 18.2. The molecule has 0 spiro atoms. The van der Waals surface area contributed by atoms with Gasteiger partial charge in [-0.3, -0.25) is 4.79 Å². The lowest BCUT2D eigenvalue weighted by atomic mass is 9.96. The predicted molar refractivity (Wildman–Crippen MR) is 73.9 cm³/mol. The Morgan fingerprint density at radius 3 is 3.11 bits per heavy atom. The van der Waals surface area contributed by atoms with Crippen molar-refractivity contribution in [2.45, 2.75) is 25.9 Å². The van der Waals surface area contributed by atoms with E-state index >= 15 is 0 Å². The summed E-state index contributed by atoms with van der Waals surface area (Å²) in [6.45, 7) is 3.28. The minimum absolute atomic E-state index is 0.00241. The summed E-state index contributed by atoms with van der Waals surface area (Å²) in [7, 11) is 1.67. The summed E-state index contributed by atoms with van der Waals surface area (Å²) in [5, 5.41) is 12.5. The second-order valence-corrected chi connectivity index (χ2v) is 4.99. The largest absolute Gasteiger partial charge is 0.389 e. The first kappa shape index (κ1) is 13.8. The number of rotatable bonds is 3. The fraction of sp³-hybridized carbons (Fsp3) is 0.571. The maximum absolute atomic E-state index is 11.8. The number of pyridine rings is 1. The smallest absolute Gasteiger partial charge is 0.224 e. The fourth-order valence-corrected chi connectivity index (χ4v) is 2.59. The Balaban J connectivity index is 2.20. The topological polar surface area (TPSA) is 65.5 Å². The lowest BCUT2D eigenvalue weighted by molar-refractivity contribution is -0.124. The summed E-state index contributed by atoms with van der Waals surface area (Å²) in [6.07, 6.45) is 3.05. The van der Waals surface area contributed by atoms with E-state index in [0.717, 1.165) is 30.8 Å². The molecule has 2 N–H and O–H groups in total. The highest BCUT2D eigenvalue weighted by atomic mass is 16.3. The Morgan fingerprint density at radius 2 is 2.42 bits per heavy atom. The van der Waals surface area contributed by atoms with Crippen LogP contribution in [0.3, 0.4) is 0 Å². The fourth-order valence-electron chi connectivity index (χ4n) is 2.59. The zero-order chi connectivity index (χ0) is 13.8. The molecule has 5 nitrogen and oxygen atoms in total. The summed E-state index contributed by atoms with van der Waals surface area (Å²) >= 11 is 0. The summed E-state index contributed by atoms with van der Waals surface area (Å²) in [6, 6.07) is 3.71. The minimum atomic E-state index is -0.552. The maximum atomic E-state index is 11.8. The van der Waals surface area contributed by atoms with E-state index < -0.39 is 6.10 Å². The monoisotopic (exact) mass is 263 g/mol. The van der Waals surface area contributed by atoms with Crippen LogP contribution >= 0.6 is 0 Å². The molecular formula is C14H21N3O2. The van der Waals surface area contributed by atoms with Crippen molar-refractivity contribution in [2.75, 3.05) is 25.0 Å². The number of hydrogen-bond acceptors (Lipinski definition) is 4. The van der Waals surface area contributed by atoms with E-state index in [2.05, 4.69) is 15.2 Å². The van der Waals surface area contributed by atoms with Crippen molar-refractivity contribution < 1.29 is 9.90 Å². The van der Waals surface area contributed by atoms with Crippen LogP contribution in [-0.2, 0) is 4.79 Å². The number of carbonyl (C=O) groups is 1. The highest BCUT2D eigenvalue weighted by molar-refractivity contribution is 5.79. The van der Waals surface area contributed by atoms with Crippen LogP contribution in [0.2, 0.25) is 0 Å². The number of nitrogens with zero attached hydrogens (tertiary/aromatic N) is 2. The molecule has 1 aliphatic rings. The summed E-state index contributed by atoms with van der Waals surface area (Å²) < 4.78 is 0. The number of amides is 1. The van der Waals surface area contributed by atoms with Crippen LogP contribution in [0, 0.1) is 5.92 Å². The molecule has 104 valence electrons. The number of nitrogens with one attached hydrogen (secondary N) is 1. The van der Waals surface area contributed by atoms with Crippen LogP contribution in [0.25, 0.3) is 0 Å². The van der Waals surface area contributed by atoms with E-state index in [1.807, 2.05) is 12.1 Å². The van der Waals surface area contributed by atoms with Crippen LogP contribution in [0.4, 0.5) is 5.82 Å². The van der Waals surface area contributed by atoms with E-state index in [9.17, 15) is 9.90 Å². The number of aromatic nitrogens is 1. The van der Waals surface area contributed by atoms with Gasteiger partial charge in [-0.25, -0.2) is 4.98 Å². The molecule has 19 heavy (non-hydrogen) atoms. The zero-order valence-corrected chi connectivity index (χ0v) is 11.5. The Hall–Kier alpha value is -1.62. The molecule has 1 aliphatic heterocycles. The third-order valence-electron chi connectivity index (χ3n) is 3.61. The third kappa shape index (κ3) is 3.04. The molecule has 1 unspecified atom stereocenters. The molecule has 2 rings (SSSR count). The lowest BCUT2D eigenvalue weighted by Gasteiger charge is -2.34. The second kappa shape index (κ2) is 6.02. The van der Waals surface area contributed by atoms with E-state index in [-0.39, 0.29) is 11.8 Å². The minimum Gasteiger partial charge on any atom is -0.389 e.